The van der Waals surface area contributed by atoms with Gasteiger partial charge in [0.1, 0.15) is 0 Å². The molecule has 0 atom stereocenters. The molecule has 7 heteroatoms. The zero-order valence-electron chi connectivity index (χ0n) is 14.5. The fourth-order valence-corrected chi connectivity index (χ4v) is 4.52. The minimum atomic E-state index is -0.276. The van der Waals surface area contributed by atoms with Gasteiger partial charge in [-0.25, -0.2) is 0 Å². The highest BCUT2D eigenvalue weighted by Crippen LogP contribution is 2.29. The first-order valence-electron chi connectivity index (χ1n) is 8.22. The Morgan fingerprint density at radius 3 is 2.77 bits per heavy atom. The molecule has 0 unspecified atom stereocenters. The molecule has 3 rings (SSSR count). The van der Waals surface area contributed by atoms with E-state index in [-0.39, 0.29) is 5.91 Å². The zero-order valence-corrected chi connectivity index (χ0v) is 16.8. The molecule has 26 heavy (non-hydrogen) atoms. The summed E-state index contributed by atoms with van der Waals surface area (Å²) in [5, 5.41) is 1.09. The van der Waals surface area contributed by atoms with Crippen LogP contribution in [0.4, 0.5) is 0 Å². The molecule has 2 aromatic carbocycles. The van der Waals surface area contributed by atoms with Gasteiger partial charge in [0.15, 0.2) is 4.80 Å². The van der Waals surface area contributed by atoms with Gasteiger partial charge in [0, 0.05) is 23.7 Å². The Morgan fingerprint density at radius 1 is 1.27 bits per heavy atom. The van der Waals surface area contributed by atoms with Gasteiger partial charge >= 0.3 is 0 Å². The lowest BCUT2D eigenvalue weighted by atomic mass is 10.1. The van der Waals surface area contributed by atoms with Crippen LogP contribution in [0.1, 0.15) is 22.8 Å². The molecule has 0 aliphatic heterocycles. The topological polar surface area (TPSA) is 43.6 Å². The molecule has 0 aliphatic carbocycles. The number of nitrogens with zero attached hydrogens (tertiary/aromatic N) is 2. The third-order valence-electron chi connectivity index (χ3n) is 3.93. The third kappa shape index (κ3) is 4.01. The number of amides is 1. The Balaban J connectivity index is 2.14. The van der Waals surface area contributed by atoms with E-state index in [1.165, 1.54) is 11.3 Å². The first kappa shape index (κ1) is 19.1. The number of carbonyl (C=O) groups excluding carboxylic acids is 1. The second-order valence-corrected chi connectivity index (χ2v) is 7.55. The van der Waals surface area contributed by atoms with E-state index in [0.29, 0.717) is 40.2 Å². The van der Waals surface area contributed by atoms with Gasteiger partial charge in [0.05, 0.1) is 21.8 Å². The van der Waals surface area contributed by atoms with E-state index >= 15 is 0 Å². The van der Waals surface area contributed by atoms with Crippen molar-refractivity contribution in [3.05, 3.63) is 62.4 Å². The summed E-state index contributed by atoms with van der Waals surface area (Å²) in [5.41, 5.74) is 2.30. The largest absolute Gasteiger partial charge is 0.380 e. The molecule has 0 bridgehead atoms. The van der Waals surface area contributed by atoms with Crippen molar-refractivity contribution in [2.24, 2.45) is 4.99 Å². The van der Waals surface area contributed by atoms with Gasteiger partial charge in [0.25, 0.3) is 5.91 Å². The van der Waals surface area contributed by atoms with E-state index in [9.17, 15) is 4.79 Å². The minimum Gasteiger partial charge on any atom is -0.380 e. The zero-order chi connectivity index (χ0) is 18.7. The van der Waals surface area contributed by atoms with Gasteiger partial charge in [-0.2, -0.15) is 4.99 Å². The van der Waals surface area contributed by atoms with E-state index < -0.39 is 0 Å². The van der Waals surface area contributed by atoms with Crippen LogP contribution in [0.2, 0.25) is 10.0 Å². The Hall–Kier alpha value is -1.66. The summed E-state index contributed by atoms with van der Waals surface area (Å²) in [6.07, 6.45) is 0. The van der Waals surface area contributed by atoms with E-state index in [0.717, 1.165) is 15.8 Å². The van der Waals surface area contributed by atoms with Crippen LogP contribution in [0.5, 0.6) is 0 Å². The van der Waals surface area contributed by atoms with Crippen LogP contribution in [0.15, 0.2) is 41.4 Å². The fourth-order valence-electron chi connectivity index (χ4n) is 2.68. The molecule has 136 valence electrons. The maximum atomic E-state index is 12.7. The number of fused-ring (bicyclic) bond motifs is 1. The highest BCUT2D eigenvalue weighted by atomic mass is 35.5. The van der Waals surface area contributed by atoms with Crippen molar-refractivity contribution in [3.63, 3.8) is 0 Å². The molecule has 1 heterocycles. The van der Waals surface area contributed by atoms with E-state index in [1.807, 2.05) is 42.7 Å². The van der Waals surface area contributed by atoms with Gasteiger partial charge in [-0.3, -0.25) is 4.79 Å². The summed E-state index contributed by atoms with van der Waals surface area (Å²) in [6, 6.07) is 10.9. The average Bonchev–Trinajstić information content (AvgIpc) is 2.92. The fraction of sp³-hybridized carbons (Fsp3) is 0.263. The number of benzene rings is 2. The molecule has 0 N–H and O–H groups in total. The van der Waals surface area contributed by atoms with Crippen molar-refractivity contribution >= 4 is 50.7 Å². The molecule has 0 spiro atoms. The molecule has 0 saturated carbocycles. The Kier molecular flexibility index (Phi) is 6.14. The van der Waals surface area contributed by atoms with Gasteiger partial charge < -0.3 is 9.30 Å². The number of hydrogen-bond donors (Lipinski definition) is 0. The van der Waals surface area contributed by atoms with Gasteiger partial charge in [-0.15, -0.1) is 0 Å². The van der Waals surface area contributed by atoms with E-state index in [1.54, 1.807) is 12.1 Å². The predicted octanol–water partition coefficient (Wildman–Crippen LogP) is 5.10. The maximum Gasteiger partial charge on any atom is 0.279 e. The number of aromatic nitrogens is 1. The molecule has 1 amide bonds. The second kappa shape index (κ2) is 8.35. The van der Waals surface area contributed by atoms with Gasteiger partial charge in [-0.1, -0.05) is 52.7 Å². The number of halogens is 2. The third-order valence-corrected chi connectivity index (χ3v) is 5.46. The molecular weight excluding hydrogens is 391 g/mol. The Morgan fingerprint density at radius 2 is 2.04 bits per heavy atom. The molecule has 1 aromatic heterocycles. The quantitative estimate of drug-likeness (QED) is 0.551. The summed E-state index contributed by atoms with van der Waals surface area (Å²) in [6.45, 7) is 5.52. The average molecular weight is 409 g/mol. The monoisotopic (exact) mass is 408 g/mol. The van der Waals surface area contributed by atoms with Crippen LogP contribution >= 0.6 is 34.5 Å². The molecule has 4 nitrogen and oxygen atoms in total. The SMILES string of the molecule is CCOCCn1c(=NC(=O)c2ccccc2C)sc2cc(Cl)cc(Cl)c21. The van der Waals surface area contributed by atoms with Crippen molar-refractivity contribution in [1.82, 2.24) is 4.57 Å². The molecule has 0 fully saturated rings. The number of aryl methyl sites for hydroxylation is 1. The summed E-state index contributed by atoms with van der Waals surface area (Å²) in [7, 11) is 0. The van der Waals surface area contributed by atoms with E-state index in [4.69, 9.17) is 27.9 Å². The lowest BCUT2D eigenvalue weighted by molar-refractivity contribution is 0.0996. The molecule has 0 radical (unpaired) electrons. The Bertz CT molecular complexity index is 1020. The predicted molar refractivity (Wildman–Crippen MR) is 107 cm³/mol. The van der Waals surface area contributed by atoms with Crippen LogP contribution in [-0.2, 0) is 11.3 Å². The smallest absolute Gasteiger partial charge is 0.279 e. The van der Waals surface area contributed by atoms with Crippen LogP contribution in [0.25, 0.3) is 10.2 Å². The first-order chi connectivity index (χ1) is 12.5. The van der Waals surface area contributed by atoms with Crippen LogP contribution < -0.4 is 4.80 Å². The maximum absolute atomic E-state index is 12.7. The number of thiazole rings is 1. The molecule has 3 aromatic rings. The summed E-state index contributed by atoms with van der Waals surface area (Å²) in [5.74, 6) is -0.276. The van der Waals surface area contributed by atoms with Crippen molar-refractivity contribution < 1.29 is 9.53 Å². The van der Waals surface area contributed by atoms with Crippen LogP contribution in [-0.4, -0.2) is 23.7 Å². The number of ether oxygens (including phenoxy) is 1. The normalized spacial score (nSPS) is 12.1. The highest BCUT2D eigenvalue weighted by molar-refractivity contribution is 7.16. The van der Waals surface area contributed by atoms with Crippen molar-refractivity contribution in [1.29, 1.82) is 0 Å². The van der Waals surface area contributed by atoms with Crippen molar-refractivity contribution in [2.75, 3.05) is 13.2 Å². The standard InChI is InChI=1S/C19H18Cl2N2O2S/c1-3-25-9-8-23-17-15(21)10-13(20)11-16(17)26-19(23)22-18(24)14-7-5-4-6-12(14)2/h4-7,10-11H,3,8-9H2,1-2H3. The Labute approximate surface area is 165 Å². The first-order valence-corrected chi connectivity index (χ1v) is 9.79. The van der Waals surface area contributed by atoms with Crippen LogP contribution in [0.3, 0.4) is 0 Å². The molecule has 0 aliphatic rings. The summed E-state index contributed by atoms with van der Waals surface area (Å²) in [4.78, 5) is 17.6. The van der Waals surface area contributed by atoms with Crippen molar-refractivity contribution in [2.45, 2.75) is 20.4 Å². The summed E-state index contributed by atoms with van der Waals surface area (Å²) >= 11 is 13.9. The molecular formula is C19H18Cl2N2O2S. The van der Waals surface area contributed by atoms with Crippen LogP contribution in [0, 0.1) is 6.92 Å². The summed E-state index contributed by atoms with van der Waals surface area (Å²) < 4.78 is 8.28. The second-order valence-electron chi connectivity index (χ2n) is 5.70. The molecule has 0 saturated heterocycles. The van der Waals surface area contributed by atoms with Gasteiger partial charge in [-0.05, 0) is 37.6 Å². The number of hydrogen-bond acceptors (Lipinski definition) is 3. The van der Waals surface area contributed by atoms with Gasteiger partial charge in [0.2, 0.25) is 0 Å². The van der Waals surface area contributed by atoms with E-state index in [2.05, 4.69) is 4.99 Å². The lowest BCUT2D eigenvalue weighted by Gasteiger charge is -2.07. The lowest BCUT2D eigenvalue weighted by Crippen LogP contribution is -2.20. The number of carbonyl (C=O) groups is 1. The number of rotatable bonds is 5. The highest BCUT2D eigenvalue weighted by Gasteiger charge is 2.13. The van der Waals surface area contributed by atoms with Crippen molar-refractivity contribution in [3.8, 4) is 0 Å². The minimum absolute atomic E-state index is 0.276.